The third-order valence-corrected chi connectivity index (χ3v) is 2.30. The molecular formula is C11H9ClF2N2O2. The molecular weight excluding hydrogens is 266 g/mol. The highest BCUT2D eigenvalue weighted by Crippen LogP contribution is 2.31. The molecule has 2 rings (SSSR count). The van der Waals surface area contributed by atoms with Crippen LogP contribution < -0.4 is 4.74 Å². The molecule has 0 N–H and O–H groups in total. The fourth-order valence-electron chi connectivity index (χ4n) is 1.35. The minimum atomic E-state index is -2.92. The Balaban J connectivity index is 2.36. The molecule has 0 aliphatic heterocycles. The van der Waals surface area contributed by atoms with Crippen LogP contribution in [0.15, 0.2) is 28.7 Å². The SMILES string of the molecule is CC(Cl)c1nnc(-c2ccccc2OC(F)F)o1. The maximum atomic E-state index is 12.2. The van der Waals surface area contributed by atoms with E-state index in [2.05, 4.69) is 14.9 Å². The molecule has 1 aromatic heterocycles. The number of aromatic nitrogens is 2. The minimum Gasteiger partial charge on any atom is -0.434 e. The molecule has 2 aromatic rings. The lowest BCUT2D eigenvalue weighted by atomic mass is 10.2. The van der Waals surface area contributed by atoms with Gasteiger partial charge in [-0.25, -0.2) is 0 Å². The van der Waals surface area contributed by atoms with Crippen molar-refractivity contribution in [3.05, 3.63) is 30.2 Å². The molecule has 1 aromatic carbocycles. The Labute approximate surface area is 107 Å². The van der Waals surface area contributed by atoms with Gasteiger partial charge in [0.2, 0.25) is 5.89 Å². The summed E-state index contributed by atoms with van der Waals surface area (Å²) >= 11 is 5.78. The fourth-order valence-corrected chi connectivity index (χ4v) is 1.43. The van der Waals surface area contributed by atoms with Gasteiger partial charge in [0.05, 0.1) is 5.56 Å². The number of rotatable bonds is 4. The Hall–Kier alpha value is -1.69. The topological polar surface area (TPSA) is 48.2 Å². The Morgan fingerprint density at radius 1 is 1.28 bits per heavy atom. The number of halogens is 3. The molecule has 18 heavy (non-hydrogen) atoms. The summed E-state index contributed by atoms with van der Waals surface area (Å²) in [5.41, 5.74) is 0.300. The molecule has 0 bridgehead atoms. The van der Waals surface area contributed by atoms with Crippen LogP contribution in [-0.4, -0.2) is 16.8 Å². The average molecular weight is 275 g/mol. The number of nitrogens with zero attached hydrogens (tertiary/aromatic N) is 2. The summed E-state index contributed by atoms with van der Waals surface area (Å²) < 4.78 is 34.1. The Morgan fingerprint density at radius 3 is 2.61 bits per heavy atom. The first kappa shape index (κ1) is 12.8. The molecule has 0 aliphatic rings. The van der Waals surface area contributed by atoms with E-state index >= 15 is 0 Å². The zero-order valence-corrected chi connectivity index (χ0v) is 10.1. The average Bonchev–Trinajstić information content (AvgIpc) is 2.78. The van der Waals surface area contributed by atoms with Crippen LogP contribution >= 0.6 is 11.6 Å². The summed E-state index contributed by atoms with van der Waals surface area (Å²) in [6.07, 6.45) is 0. The normalized spacial score (nSPS) is 12.7. The first-order valence-corrected chi connectivity index (χ1v) is 5.53. The van der Waals surface area contributed by atoms with Crippen LogP contribution in [-0.2, 0) is 0 Å². The number of alkyl halides is 3. The van der Waals surface area contributed by atoms with E-state index < -0.39 is 12.0 Å². The second kappa shape index (κ2) is 5.30. The first-order chi connectivity index (χ1) is 8.58. The van der Waals surface area contributed by atoms with Crippen LogP contribution in [0.2, 0.25) is 0 Å². The van der Waals surface area contributed by atoms with E-state index in [1.165, 1.54) is 6.07 Å². The Kier molecular flexibility index (Phi) is 3.76. The summed E-state index contributed by atoms with van der Waals surface area (Å²) in [6, 6.07) is 6.17. The third-order valence-electron chi connectivity index (χ3n) is 2.11. The van der Waals surface area contributed by atoms with Crippen LogP contribution in [0.3, 0.4) is 0 Å². The standard InChI is InChI=1S/C11H9ClF2N2O2/c1-6(12)9-15-16-10(18-9)7-4-2-3-5-8(7)17-11(13)14/h2-6,11H,1H3. The van der Waals surface area contributed by atoms with Gasteiger partial charge in [0.1, 0.15) is 11.1 Å². The van der Waals surface area contributed by atoms with Gasteiger partial charge in [-0.2, -0.15) is 8.78 Å². The molecule has 96 valence electrons. The maximum Gasteiger partial charge on any atom is 0.387 e. The van der Waals surface area contributed by atoms with Crippen LogP contribution in [0.5, 0.6) is 5.75 Å². The summed E-state index contributed by atoms with van der Waals surface area (Å²) in [4.78, 5) is 0. The van der Waals surface area contributed by atoms with Gasteiger partial charge in [0.25, 0.3) is 5.89 Å². The van der Waals surface area contributed by atoms with Gasteiger partial charge in [-0.15, -0.1) is 21.8 Å². The van der Waals surface area contributed by atoms with E-state index in [1.807, 2.05) is 0 Å². The molecule has 0 spiro atoms. The van der Waals surface area contributed by atoms with E-state index in [4.69, 9.17) is 16.0 Å². The summed E-state index contributed by atoms with van der Waals surface area (Å²) in [5.74, 6) is 0.289. The highest BCUT2D eigenvalue weighted by atomic mass is 35.5. The van der Waals surface area contributed by atoms with Crippen molar-refractivity contribution in [2.24, 2.45) is 0 Å². The molecule has 1 unspecified atom stereocenters. The molecule has 0 fully saturated rings. The van der Waals surface area contributed by atoms with Crippen LogP contribution in [0.4, 0.5) is 8.78 Å². The van der Waals surface area contributed by atoms with Crippen molar-refractivity contribution < 1.29 is 17.9 Å². The fraction of sp³-hybridized carbons (Fsp3) is 0.273. The van der Waals surface area contributed by atoms with Crippen molar-refractivity contribution in [3.63, 3.8) is 0 Å². The lowest BCUT2D eigenvalue weighted by Gasteiger charge is -2.07. The van der Waals surface area contributed by atoms with Gasteiger partial charge in [-0.3, -0.25) is 0 Å². The first-order valence-electron chi connectivity index (χ1n) is 5.09. The van der Waals surface area contributed by atoms with E-state index in [1.54, 1.807) is 25.1 Å². The van der Waals surface area contributed by atoms with E-state index in [0.29, 0.717) is 5.56 Å². The van der Waals surface area contributed by atoms with Crippen LogP contribution in [0.25, 0.3) is 11.5 Å². The highest BCUT2D eigenvalue weighted by Gasteiger charge is 2.17. The van der Waals surface area contributed by atoms with E-state index in [0.717, 1.165) is 0 Å². The molecule has 0 radical (unpaired) electrons. The quantitative estimate of drug-likeness (QED) is 0.799. The lowest BCUT2D eigenvalue weighted by Crippen LogP contribution is -2.03. The number of ether oxygens (including phenoxy) is 1. The highest BCUT2D eigenvalue weighted by molar-refractivity contribution is 6.20. The maximum absolute atomic E-state index is 12.2. The summed E-state index contributed by atoms with van der Waals surface area (Å²) in [7, 11) is 0. The van der Waals surface area contributed by atoms with Gasteiger partial charge in [0, 0.05) is 0 Å². The number of benzene rings is 1. The van der Waals surface area contributed by atoms with Crippen molar-refractivity contribution >= 4 is 11.6 Å². The largest absolute Gasteiger partial charge is 0.434 e. The molecule has 4 nitrogen and oxygen atoms in total. The van der Waals surface area contributed by atoms with Crippen molar-refractivity contribution in [3.8, 4) is 17.2 Å². The summed E-state index contributed by atoms with van der Waals surface area (Å²) in [6.45, 7) is -1.25. The monoisotopic (exact) mass is 274 g/mol. The summed E-state index contributed by atoms with van der Waals surface area (Å²) in [5, 5.41) is 7.02. The Morgan fingerprint density at radius 2 is 2.00 bits per heavy atom. The van der Waals surface area contributed by atoms with Gasteiger partial charge in [0.15, 0.2) is 0 Å². The number of hydrogen-bond donors (Lipinski definition) is 0. The number of hydrogen-bond acceptors (Lipinski definition) is 4. The second-order valence-electron chi connectivity index (χ2n) is 3.44. The van der Waals surface area contributed by atoms with Crippen molar-refractivity contribution in [2.75, 3.05) is 0 Å². The molecule has 0 aliphatic carbocycles. The third kappa shape index (κ3) is 2.76. The molecule has 1 atom stereocenters. The minimum absolute atomic E-state index is 0.0232. The predicted molar refractivity (Wildman–Crippen MR) is 60.6 cm³/mol. The predicted octanol–water partition coefficient (Wildman–Crippen LogP) is 3.64. The second-order valence-corrected chi connectivity index (χ2v) is 4.09. The van der Waals surface area contributed by atoms with Crippen molar-refractivity contribution in [1.82, 2.24) is 10.2 Å². The van der Waals surface area contributed by atoms with E-state index in [-0.39, 0.29) is 17.5 Å². The van der Waals surface area contributed by atoms with Crippen molar-refractivity contribution in [1.29, 1.82) is 0 Å². The molecule has 0 saturated heterocycles. The van der Waals surface area contributed by atoms with Gasteiger partial charge in [-0.05, 0) is 19.1 Å². The van der Waals surface area contributed by atoms with Crippen LogP contribution in [0, 0.1) is 0 Å². The molecule has 7 heteroatoms. The van der Waals surface area contributed by atoms with Crippen LogP contribution in [0.1, 0.15) is 18.2 Å². The van der Waals surface area contributed by atoms with Gasteiger partial charge >= 0.3 is 6.61 Å². The smallest absolute Gasteiger partial charge is 0.387 e. The molecule has 0 saturated carbocycles. The van der Waals surface area contributed by atoms with E-state index in [9.17, 15) is 8.78 Å². The van der Waals surface area contributed by atoms with Gasteiger partial charge in [-0.1, -0.05) is 12.1 Å². The number of para-hydroxylation sites is 1. The molecule has 0 amide bonds. The zero-order valence-electron chi connectivity index (χ0n) is 9.31. The lowest BCUT2D eigenvalue weighted by molar-refractivity contribution is -0.0495. The van der Waals surface area contributed by atoms with Gasteiger partial charge < -0.3 is 9.15 Å². The van der Waals surface area contributed by atoms with Crippen molar-refractivity contribution in [2.45, 2.75) is 18.9 Å². The Bertz CT molecular complexity index is 531. The zero-order chi connectivity index (χ0) is 13.1. The molecule has 1 heterocycles.